The standard InChI is InChI=1S/C21H37N3O2/c1-2-3-4-5-6-7-8-9-10-11-12-13-14-20-23-16-18-24(20,17-15-22)19-21(25)26/h9-10,16,18H,2-8,11-15,17,19,22H2,1H3/p+1/b10-9+. The number of unbranched alkanes of at least 4 members (excludes halogenated alkanes) is 8. The predicted octanol–water partition coefficient (Wildman–Crippen LogP) is 4.60. The van der Waals surface area contributed by atoms with Crippen LogP contribution in [-0.2, 0) is 4.79 Å². The molecule has 0 bridgehead atoms. The molecular formula is C21H38N3O2+. The van der Waals surface area contributed by atoms with E-state index >= 15 is 0 Å². The molecule has 3 N–H and O–H groups in total. The molecule has 1 aliphatic rings. The van der Waals surface area contributed by atoms with E-state index in [-0.39, 0.29) is 6.54 Å². The van der Waals surface area contributed by atoms with Crippen LogP contribution < -0.4 is 5.73 Å². The number of hydrogen-bond donors (Lipinski definition) is 2. The lowest BCUT2D eigenvalue weighted by molar-refractivity contribution is -0.778. The number of carboxylic acids is 1. The van der Waals surface area contributed by atoms with E-state index in [1.807, 2.05) is 6.20 Å². The zero-order valence-electron chi connectivity index (χ0n) is 16.5. The van der Waals surface area contributed by atoms with Gasteiger partial charge in [0.15, 0.2) is 6.54 Å². The van der Waals surface area contributed by atoms with Crippen LogP contribution in [0.1, 0.15) is 77.6 Å². The molecule has 1 aliphatic heterocycles. The lowest BCUT2D eigenvalue weighted by Gasteiger charge is -2.30. The Morgan fingerprint density at radius 2 is 1.77 bits per heavy atom. The number of quaternary nitrogens is 1. The summed E-state index contributed by atoms with van der Waals surface area (Å²) < 4.78 is 0.291. The van der Waals surface area contributed by atoms with E-state index in [0.717, 1.165) is 31.5 Å². The number of aliphatic carboxylic acids is 1. The Morgan fingerprint density at radius 1 is 1.12 bits per heavy atom. The zero-order valence-corrected chi connectivity index (χ0v) is 16.5. The Kier molecular flexibility index (Phi) is 11.9. The number of nitrogens with two attached hydrogens (primary N) is 1. The SMILES string of the molecule is CCCCCCCC/C=C/CCCCC1=NC=C[N+]1(CCN)CC(=O)O. The van der Waals surface area contributed by atoms with Crippen molar-refractivity contribution in [2.45, 2.75) is 77.6 Å². The van der Waals surface area contributed by atoms with E-state index in [1.54, 1.807) is 6.20 Å². The quantitative estimate of drug-likeness (QED) is 0.239. The molecule has 0 aromatic heterocycles. The summed E-state index contributed by atoms with van der Waals surface area (Å²) in [4.78, 5) is 15.6. The van der Waals surface area contributed by atoms with Gasteiger partial charge < -0.3 is 10.8 Å². The number of rotatable bonds is 16. The van der Waals surface area contributed by atoms with Crippen LogP contribution in [0, 0.1) is 0 Å². The third-order valence-corrected chi connectivity index (χ3v) is 4.95. The summed E-state index contributed by atoms with van der Waals surface area (Å²) in [6, 6.07) is 0. The summed E-state index contributed by atoms with van der Waals surface area (Å²) in [5.74, 6) is 0.129. The maximum atomic E-state index is 11.2. The topological polar surface area (TPSA) is 75.7 Å². The average Bonchev–Trinajstić information content (AvgIpc) is 2.97. The highest BCUT2D eigenvalue weighted by Crippen LogP contribution is 2.20. The maximum Gasteiger partial charge on any atom is 0.360 e. The van der Waals surface area contributed by atoms with Gasteiger partial charge in [-0.1, -0.05) is 51.2 Å². The summed E-state index contributed by atoms with van der Waals surface area (Å²) in [5.41, 5.74) is 5.69. The molecule has 26 heavy (non-hydrogen) atoms. The third kappa shape index (κ3) is 8.77. The van der Waals surface area contributed by atoms with Gasteiger partial charge in [-0.2, -0.15) is 0 Å². The van der Waals surface area contributed by atoms with Gasteiger partial charge in [0.05, 0.1) is 6.20 Å². The van der Waals surface area contributed by atoms with Crippen LogP contribution in [0.2, 0.25) is 0 Å². The Hall–Kier alpha value is -1.46. The highest BCUT2D eigenvalue weighted by Gasteiger charge is 2.36. The number of carboxylic acid groups (broad SMARTS) is 1. The predicted molar refractivity (Wildman–Crippen MR) is 109 cm³/mol. The van der Waals surface area contributed by atoms with Crippen LogP contribution in [-0.4, -0.2) is 41.0 Å². The normalized spacial score (nSPS) is 19.4. The first-order valence-electron chi connectivity index (χ1n) is 10.3. The second-order valence-electron chi connectivity index (χ2n) is 7.22. The van der Waals surface area contributed by atoms with Crippen LogP contribution in [0.4, 0.5) is 0 Å². The zero-order chi connectivity index (χ0) is 19.1. The van der Waals surface area contributed by atoms with Gasteiger partial charge in [0.25, 0.3) is 0 Å². The number of carbonyl (C=O) groups is 1. The summed E-state index contributed by atoms with van der Waals surface area (Å²) in [6.45, 7) is 3.34. The Labute approximate surface area is 159 Å². The second-order valence-corrected chi connectivity index (χ2v) is 7.22. The van der Waals surface area contributed by atoms with Gasteiger partial charge in [-0.15, -0.1) is 0 Å². The van der Waals surface area contributed by atoms with E-state index < -0.39 is 5.97 Å². The van der Waals surface area contributed by atoms with Crippen LogP contribution in [0.25, 0.3) is 0 Å². The van der Waals surface area contributed by atoms with Crippen molar-refractivity contribution in [3.63, 3.8) is 0 Å². The van der Waals surface area contributed by atoms with Crippen LogP contribution >= 0.6 is 0 Å². The lowest BCUT2D eigenvalue weighted by Crippen LogP contribution is -2.52. The molecule has 0 aliphatic carbocycles. The third-order valence-electron chi connectivity index (χ3n) is 4.95. The van der Waals surface area contributed by atoms with Crippen LogP contribution in [0.5, 0.6) is 0 Å². The minimum Gasteiger partial charge on any atom is -0.477 e. The maximum absolute atomic E-state index is 11.2. The monoisotopic (exact) mass is 364 g/mol. The van der Waals surface area contributed by atoms with Gasteiger partial charge in [0.2, 0.25) is 5.84 Å². The fraction of sp³-hybridized carbons (Fsp3) is 0.714. The van der Waals surface area contributed by atoms with E-state index in [0.29, 0.717) is 17.6 Å². The number of amidine groups is 1. The highest BCUT2D eigenvalue weighted by atomic mass is 16.4. The van der Waals surface area contributed by atoms with Gasteiger partial charge in [-0.05, 0) is 32.1 Å². The second kappa shape index (κ2) is 13.7. The van der Waals surface area contributed by atoms with E-state index in [1.165, 1.54) is 44.9 Å². The molecule has 5 heteroatoms. The molecule has 1 heterocycles. The molecule has 0 radical (unpaired) electrons. The minimum absolute atomic E-state index is 0.0324. The van der Waals surface area contributed by atoms with Gasteiger partial charge in [-0.25, -0.2) is 14.3 Å². The van der Waals surface area contributed by atoms with Crippen molar-refractivity contribution in [1.82, 2.24) is 0 Å². The summed E-state index contributed by atoms with van der Waals surface area (Å²) in [5, 5.41) is 9.20. The van der Waals surface area contributed by atoms with Crippen molar-refractivity contribution >= 4 is 11.8 Å². The van der Waals surface area contributed by atoms with Crippen molar-refractivity contribution in [3.05, 3.63) is 24.6 Å². The van der Waals surface area contributed by atoms with Crippen molar-refractivity contribution in [3.8, 4) is 0 Å². The molecule has 1 atom stereocenters. The smallest absolute Gasteiger partial charge is 0.360 e. The largest absolute Gasteiger partial charge is 0.477 e. The highest BCUT2D eigenvalue weighted by molar-refractivity contribution is 5.81. The van der Waals surface area contributed by atoms with E-state index in [9.17, 15) is 9.90 Å². The Balaban J connectivity index is 2.16. The first kappa shape index (κ1) is 22.6. The first-order valence-corrected chi connectivity index (χ1v) is 10.3. The fourth-order valence-electron chi connectivity index (χ4n) is 3.46. The number of aliphatic imine (C=N–C) groups is 1. The molecule has 0 aromatic rings. The molecule has 1 rings (SSSR count). The van der Waals surface area contributed by atoms with Gasteiger partial charge in [0, 0.05) is 13.0 Å². The Bertz CT molecular complexity index is 486. The Morgan fingerprint density at radius 3 is 2.42 bits per heavy atom. The summed E-state index contributed by atoms with van der Waals surface area (Å²) in [7, 11) is 0. The summed E-state index contributed by atoms with van der Waals surface area (Å²) in [6.07, 6.45) is 21.6. The van der Waals surface area contributed by atoms with Gasteiger partial charge in [-0.3, -0.25) is 0 Å². The van der Waals surface area contributed by atoms with Crippen LogP contribution in [0.3, 0.4) is 0 Å². The molecule has 0 amide bonds. The number of nitrogens with zero attached hydrogens (tertiary/aromatic N) is 2. The van der Waals surface area contributed by atoms with Crippen molar-refractivity contribution in [1.29, 1.82) is 0 Å². The fourth-order valence-corrected chi connectivity index (χ4v) is 3.46. The van der Waals surface area contributed by atoms with Gasteiger partial charge in [0.1, 0.15) is 12.7 Å². The number of allylic oxidation sites excluding steroid dienone is 2. The molecule has 0 spiro atoms. The summed E-state index contributed by atoms with van der Waals surface area (Å²) >= 11 is 0. The molecule has 0 aromatic carbocycles. The minimum atomic E-state index is -0.810. The van der Waals surface area contributed by atoms with Crippen molar-refractivity contribution in [2.24, 2.45) is 10.7 Å². The van der Waals surface area contributed by atoms with Crippen molar-refractivity contribution in [2.75, 3.05) is 19.6 Å². The molecule has 148 valence electrons. The molecule has 0 fully saturated rings. The van der Waals surface area contributed by atoms with Gasteiger partial charge >= 0.3 is 5.97 Å². The molecular weight excluding hydrogens is 326 g/mol. The molecule has 0 saturated heterocycles. The first-order chi connectivity index (χ1) is 12.6. The number of hydrogen-bond acceptors (Lipinski definition) is 3. The van der Waals surface area contributed by atoms with E-state index in [4.69, 9.17) is 5.73 Å². The van der Waals surface area contributed by atoms with E-state index in [2.05, 4.69) is 24.1 Å². The lowest BCUT2D eigenvalue weighted by atomic mass is 10.1. The molecule has 0 saturated carbocycles. The van der Waals surface area contributed by atoms with Crippen molar-refractivity contribution < 1.29 is 14.4 Å². The molecule has 1 unspecified atom stereocenters. The molecule has 5 nitrogen and oxygen atoms in total. The average molecular weight is 365 g/mol. The van der Waals surface area contributed by atoms with Crippen LogP contribution in [0.15, 0.2) is 29.5 Å².